The van der Waals surface area contributed by atoms with Crippen LogP contribution in [0.3, 0.4) is 0 Å². The second-order valence-corrected chi connectivity index (χ2v) is 7.94. The molecule has 19 heavy (non-hydrogen) atoms. The molecule has 0 aromatic rings. The molecule has 0 aromatic carbocycles. The van der Waals surface area contributed by atoms with Crippen LogP contribution in [-0.2, 0) is 4.79 Å². The molecule has 5 aliphatic rings. The van der Waals surface area contributed by atoms with Crippen LogP contribution in [0.25, 0.3) is 0 Å². The number of carbonyl (C=O) groups is 1. The molecule has 1 saturated heterocycles. The lowest BCUT2D eigenvalue weighted by Gasteiger charge is -2.62. The van der Waals surface area contributed by atoms with Crippen LogP contribution in [-0.4, -0.2) is 35.1 Å². The van der Waals surface area contributed by atoms with Crippen LogP contribution < -0.4 is 0 Å². The fourth-order valence-electron chi connectivity index (χ4n) is 6.06. The molecule has 1 N–H and O–H groups in total. The van der Waals surface area contributed by atoms with Gasteiger partial charge in [-0.1, -0.05) is 0 Å². The molecule has 1 aliphatic heterocycles. The Labute approximate surface area is 115 Å². The topological polar surface area (TPSA) is 40.5 Å². The van der Waals surface area contributed by atoms with Crippen molar-refractivity contribution in [3.05, 3.63) is 0 Å². The normalized spacial score (nSPS) is 47.1. The Morgan fingerprint density at radius 3 is 2.00 bits per heavy atom. The fourth-order valence-corrected chi connectivity index (χ4v) is 6.06. The van der Waals surface area contributed by atoms with Crippen LogP contribution in [0.5, 0.6) is 0 Å². The van der Waals surface area contributed by atoms with Crippen molar-refractivity contribution in [3.63, 3.8) is 0 Å². The summed E-state index contributed by atoms with van der Waals surface area (Å²) in [7, 11) is 0. The molecule has 5 rings (SSSR count). The standard InChI is InChI=1S/C16H25NO2/c1-10(17-8-14(9-17)15(18)19)16-5-11-2-12(6-16)4-13(3-11)7-16/h10-14H,2-9H2,1H3,(H,18,19). The first kappa shape index (κ1) is 12.2. The molecule has 4 bridgehead atoms. The van der Waals surface area contributed by atoms with E-state index in [0.717, 1.165) is 30.8 Å². The van der Waals surface area contributed by atoms with E-state index in [1.807, 2.05) is 0 Å². The summed E-state index contributed by atoms with van der Waals surface area (Å²) < 4.78 is 0. The summed E-state index contributed by atoms with van der Waals surface area (Å²) in [6.45, 7) is 3.96. The first-order chi connectivity index (χ1) is 9.06. The van der Waals surface area contributed by atoms with Crippen LogP contribution >= 0.6 is 0 Å². The maximum absolute atomic E-state index is 11.0. The van der Waals surface area contributed by atoms with Gasteiger partial charge in [0.15, 0.2) is 0 Å². The minimum Gasteiger partial charge on any atom is -0.481 e. The molecule has 0 spiro atoms. The van der Waals surface area contributed by atoms with Gasteiger partial charge in [-0.2, -0.15) is 0 Å². The van der Waals surface area contributed by atoms with Gasteiger partial charge < -0.3 is 5.11 Å². The SMILES string of the molecule is CC(N1CC(C(=O)O)C1)C12CC3CC(CC(C3)C1)C2. The van der Waals surface area contributed by atoms with E-state index in [1.165, 1.54) is 38.5 Å². The number of hydrogen-bond acceptors (Lipinski definition) is 2. The predicted molar refractivity (Wildman–Crippen MR) is 72.8 cm³/mol. The molecule has 1 atom stereocenters. The second kappa shape index (κ2) is 3.97. The third kappa shape index (κ3) is 1.77. The molecule has 3 nitrogen and oxygen atoms in total. The summed E-state index contributed by atoms with van der Waals surface area (Å²) in [5.74, 6) is 2.27. The Morgan fingerprint density at radius 2 is 1.58 bits per heavy atom. The highest BCUT2D eigenvalue weighted by Crippen LogP contribution is 2.62. The number of likely N-dealkylation sites (tertiary alicyclic amines) is 1. The second-order valence-electron chi connectivity index (χ2n) is 7.94. The molecule has 106 valence electrons. The maximum atomic E-state index is 11.0. The first-order valence-corrected chi connectivity index (χ1v) is 8.02. The van der Waals surface area contributed by atoms with Gasteiger partial charge in [0.1, 0.15) is 0 Å². The molecule has 0 amide bonds. The Morgan fingerprint density at radius 1 is 1.11 bits per heavy atom. The zero-order chi connectivity index (χ0) is 13.2. The minimum absolute atomic E-state index is 0.101. The van der Waals surface area contributed by atoms with E-state index in [0.29, 0.717) is 11.5 Å². The van der Waals surface area contributed by atoms with E-state index in [1.54, 1.807) is 0 Å². The van der Waals surface area contributed by atoms with Gasteiger partial charge in [-0.05, 0) is 68.6 Å². The summed E-state index contributed by atoms with van der Waals surface area (Å²) in [5, 5.41) is 9.04. The van der Waals surface area contributed by atoms with Crippen molar-refractivity contribution in [2.24, 2.45) is 29.1 Å². The van der Waals surface area contributed by atoms with Gasteiger partial charge in [-0.3, -0.25) is 9.69 Å². The highest BCUT2D eigenvalue weighted by Gasteiger charge is 2.55. The molecule has 4 aliphatic carbocycles. The maximum Gasteiger partial charge on any atom is 0.309 e. The van der Waals surface area contributed by atoms with E-state index in [2.05, 4.69) is 11.8 Å². The lowest BCUT2D eigenvalue weighted by molar-refractivity contribution is -0.155. The third-order valence-corrected chi connectivity index (χ3v) is 6.78. The average Bonchev–Trinajstić information content (AvgIpc) is 2.24. The van der Waals surface area contributed by atoms with E-state index in [9.17, 15) is 4.79 Å². The number of hydrogen-bond donors (Lipinski definition) is 1. The molecular formula is C16H25NO2. The lowest BCUT2D eigenvalue weighted by Crippen LogP contribution is -2.62. The molecule has 1 unspecified atom stereocenters. The fraction of sp³-hybridized carbons (Fsp3) is 0.938. The van der Waals surface area contributed by atoms with E-state index >= 15 is 0 Å². The average molecular weight is 263 g/mol. The van der Waals surface area contributed by atoms with Gasteiger partial charge in [-0.15, -0.1) is 0 Å². The summed E-state index contributed by atoms with van der Waals surface area (Å²) >= 11 is 0. The Bertz CT molecular complexity index is 364. The van der Waals surface area contributed by atoms with Crippen molar-refractivity contribution in [3.8, 4) is 0 Å². The minimum atomic E-state index is -0.603. The Hall–Kier alpha value is -0.570. The van der Waals surface area contributed by atoms with Crippen LogP contribution in [0.2, 0.25) is 0 Å². The summed E-state index contributed by atoms with van der Waals surface area (Å²) in [6.07, 6.45) is 8.74. The van der Waals surface area contributed by atoms with Gasteiger partial charge in [0.25, 0.3) is 0 Å². The van der Waals surface area contributed by atoms with Crippen LogP contribution in [0, 0.1) is 29.1 Å². The van der Waals surface area contributed by atoms with Crippen molar-refractivity contribution in [2.45, 2.75) is 51.5 Å². The third-order valence-electron chi connectivity index (χ3n) is 6.78. The van der Waals surface area contributed by atoms with Crippen LogP contribution in [0.15, 0.2) is 0 Å². The molecule has 0 aromatic heterocycles. The van der Waals surface area contributed by atoms with E-state index < -0.39 is 5.97 Å². The van der Waals surface area contributed by atoms with Gasteiger partial charge >= 0.3 is 5.97 Å². The first-order valence-electron chi connectivity index (χ1n) is 8.02. The van der Waals surface area contributed by atoms with Crippen molar-refractivity contribution in [1.82, 2.24) is 4.90 Å². The number of carboxylic acids is 1. The Balaban J connectivity index is 1.48. The van der Waals surface area contributed by atoms with E-state index in [4.69, 9.17) is 5.11 Å². The van der Waals surface area contributed by atoms with Gasteiger partial charge in [0, 0.05) is 19.1 Å². The zero-order valence-electron chi connectivity index (χ0n) is 11.8. The highest BCUT2D eigenvalue weighted by molar-refractivity contribution is 5.71. The number of carboxylic acid groups (broad SMARTS) is 1. The van der Waals surface area contributed by atoms with Crippen molar-refractivity contribution < 1.29 is 9.90 Å². The smallest absolute Gasteiger partial charge is 0.309 e. The van der Waals surface area contributed by atoms with E-state index in [-0.39, 0.29) is 5.92 Å². The number of aliphatic carboxylic acids is 1. The summed E-state index contributed by atoms with van der Waals surface area (Å²) in [6, 6.07) is 0.608. The van der Waals surface area contributed by atoms with Crippen molar-refractivity contribution >= 4 is 5.97 Å². The molecule has 1 heterocycles. The summed E-state index contributed by atoms with van der Waals surface area (Å²) in [5.41, 5.74) is 0.540. The molecule has 5 fully saturated rings. The molecule has 4 saturated carbocycles. The van der Waals surface area contributed by atoms with Gasteiger partial charge in [-0.25, -0.2) is 0 Å². The predicted octanol–water partition coefficient (Wildman–Crippen LogP) is 2.61. The zero-order valence-corrected chi connectivity index (χ0v) is 11.8. The highest BCUT2D eigenvalue weighted by atomic mass is 16.4. The lowest BCUT2D eigenvalue weighted by atomic mass is 9.47. The van der Waals surface area contributed by atoms with Crippen molar-refractivity contribution in [1.29, 1.82) is 0 Å². The Kier molecular flexibility index (Phi) is 2.55. The quantitative estimate of drug-likeness (QED) is 0.851. The monoisotopic (exact) mass is 263 g/mol. The largest absolute Gasteiger partial charge is 0.481 e. The van der Waals surface area contributed by atoms with Crippen LogP contribution in [0.4, 0.5) is 0 Å². The number of rotatable bonds is 3. The number of nitrogens with zero attached hydrogens (tertiary/aromatic N) is 1. The van der Waals surface area contributed by atoms with Gasteiger partial charge in [0.2, 0.25) is 0 Å². The van der Waals surface area contributed by atoms with Crippen LogP contribution in [0.1, 0.15) is 45.4 Å². The summed E-state index contributed by atoms with van der Waals surface area (Å²) in [4.78, 5) is 13.4. The van der Waals surface area contributed by atoms with Gasteiger partial charge in [0.05, 0.1) is 5.92 Å². The molecular weight excluding hydrogens is 238 g/mol. The molecule has 3 heteroatoms. The molecule has 0 radical (unpaired) electrons. The van der Waals surface area contributed by atoms with Crippen molar-refractivity contribution in [2.75, 3.05) is 13.1 Å².